The molecule has 0 radical (unpaired) electrons. The second kappa shape index (κ2) is 6.14. The van der Waals surface area contributed by atoms with Gasteiger partial charge in [0.05, 0.1) is 32.4 Å². The molecule has 1 aliphatic rings. The van der Waals surface area contributed by atoms with Gasteiger partial charge in [0.2, 0.25) is 5.95 Å². The summed E-state index contributed by atoms with van der Waals surface area (Å²) in [6.07, 6.45) is -0.451. The fourth-order valence-corrected chi connectivity index (χ4v) is 3.18. The lowest BCUT2D eigenvalue weighted by Crippen LogP contribution is -2.31. The topological polar surface area (TPSA) is 95.9 Å². The minimum absolute atomic E-state index is 0.287. The third kappa shape index (κ3) is 2.38. The van der Waals surface area contributed by atoms with Gasteiger partial charge in [0.25, 0.3) is 0 Å². The molecule has 8 heteroatoms. The number of guanidine groups is 1. The average Bonchev–Trinajstić information content (AvgIpc) is 3.04. The van der Waals surface area contributed by atoms with Crippen LogP contribution in [-0.2, 0) is 0 Å². The second-order valence-electron chi connectivity index (χ2n) is 5.76. The lowest BCUT2D eigenvalue weighted by Gasteiger charge is -2.25. The maximum absolute atomic E-state index is 6.01. The Kier molecular flexibility index (Phi) is 3.80. The van der Waals surface area contributed by atoms with Crippen LogP contribution in [0, 0.1) is 0 Å². The quantitative estimate of drug-likeness (QED) is 0.747. The number of hydrogen-bond donors (Lipinski definition) is 2. The van der Waals surface area contributed by atoms with E-state index in [1.54, 1.807) is 27.4 Å². The van der Waals surface area contributed by atoms with Gasteiger partial charge in [-0.3, -0.25) is 9.88 Å². The van der Waals surface area contributed by atoms with Gasteiger partial charge in [-0.25, -0.2) is 9.98 Å². The first-order valence-electron chi connectivity index (χ1n) is 8.03. The Hall–Kier alpha value is -3.42. The number of nitrogens with one attached hydrogen (secondary N) is 1. The van der Waals surface area contributed by atoms with Crippen molar-refractivity contribution in [3.63, 3.8) is 0 Å². The molecule has 3 aromatic rings. The van der Waals surface area contributed by atoms with E-state index < -0.39 is 6.17 Å². The number of aromatic nitrogens is 2. The summed E-state index contributed by atoms with van der Waals surface area (Å²) in [5, 5.41) is 3.02. The Labute approximate surface area is 150 Å². The largest absolute Gasteiger partial charge is 0.496 e. The van der Waals surface area contributed by atoms with Crippen molar-refractivity contribution in [3.05, 3.63) is 42.0 Å². The highest BCUT2D eigenvalue weighted by atomic mass is 16.5. The van der Waals surface area contributed by atoms with E-state index in [1.165, 1.54) is 0 Å². The molecule has 2 heterocycles. The van der Waals surface area contributed by atoms with E-state index >= 15 is 0 Å². The highest BCUT2D eigenvalue weighted by Gasteiger charge is 2.28. The van der Waals surface area contributed by atoms with Crippen LogP contribution in [0.3, 0.4) is 0 Å². The van der Waals surface area contributed by atoms with Crippen molar-refractivity contribution in [1.29, 1.82) is 0 Å². The van der Waals surface area contributed by atoms with E-state index in [1.807, 2.05) is 34.9 Å². The number of para-hydroxylation sites is 2. The van der Waals surface area contributed by atoms with E-state index in [-0.39, 0.29) is 5.96 Å². The van der Waals surface area contributed by atoms with Gasteiger partial charge in [-0.15, -0.1) is 0 Å². The second-order valence-corrected chi connectivity index (χ2v) is 5.76. The summed E-state index contributed by atoms with van der Waals surface area (Å²) in [7, 11) is 4.77. The van der Waals surface area contributed by atoms with Crippen molar-refractivity contribution in [2.45, 2.75) is 6.17 Å². The third-order valence-corrected chi connectivity index (χ3v) is 4.36. The molecule has 0 saturated carbocycles. The van der Waals surface area contributed by atoms with Crippen LogP contribution in [0.4, 0.5) is 5.95 Å². The standard InChI is InChI=1S/C18H19N5O3/c1-24-13-9-15(26-3)14(25-2)8-10(13)16-21-17(19)22-18-20-11-6-4-5-7-12(11)23(16)18/h4-9,16H,1-3H3,(H3,19,20,21,22)/t16-/m1/s1. The monoisotopic (exact) mass is 353 g/mol. The van der Waals surface area contributed by atoms with Crippen molar-refractivity contribution in [3.8, 4) is 17.2 Å². The van der Waals surface area contributed by atoms with Crippen LogP contribution in [0.2, 0.25) is 0 Å². The Bertz CT molecular complexity index is 1010. The molecule has 4 rings (SSSR count). The minimum atomic E-state index is -0.451. The maximum Gasteiger partial charge on any atom is 0.212 e. The summed E-state index contributed by atoms with van der Waals surface area (Å²) < 4.78 is 18.4. The van der Waals surface area contributed by atoms with E-state index in [9.17, 15) is 0 Å². The number of benzene rings is 2. The molecule has 0 aliphatic carbocycles. The molecule has 26 heavy (non-hydrogen) atoms. The van der Waals surface area contributed by atoms with Crippen LogP contribution in [-0.4, -0.2) is 36.8 Å². The lowest BCUT2D eigenvalue weighted by molar-refractivity contribution is 0.345. The SMILES string of the molecule is COc1cc(OC)c([C@@H]2N=C(N)Nc3nc4ccccc4n32)cc1OC. The Morgan fingerprint density at radius 2 is 1.69 bits per heavy atom. The molecule has 134 valence electrons. The van der Waals surface area contributed by atoms with E-state index in [0.717, 1.165) is 16.6 Å². The molecule has 0 amide bonds. The fraction of sp³-hybridized carbons (Fsp3) is 0.222. The van der Waals surface area contributed by atoms with Crippen molar-refractivity contribution >= 4 is 22.9 Å². The van der Waals surface area contributed by atoms with Gasteiger partial charge in [-0.1, -0.05) is 12.1 Å². The zero-order valence-electron chi connectivity index (χ0n) is 14.7. The molecule has 1 aromatic heterocycles. The molecule has 0 saturated heterocycles. The van der Waals surface area contributed by atoms with Crippen molar-refractivity contribution in [1.82, 2.24) is 9.55 Å². The Balaban J connectivity index is 1.97. The number of imidazole rings is 1. The summed E-state index contributed by atoms with van der Waals surface area (Å²) in [6.45, 7) is 0. The first-order valence-corrected chi connectivity index (χ1v) is 8.03. The van der Waals surface area contributed by atoms with Crippen LogP contribution < -0.4 is 25.3 Å². The van der Waals surface area contributed by atoms with Crippen LogP contribution in [0.15, 0.2) is 41.4 Å². The molecule has 3 N–H and O–H groups in total. The molecule has 0 unspecified atom stereocenters. The molecular weight excluding hydrogens is 334 g/mol. The molecule has 8 nitrogen and oxygen atoms in total. The van der Waals surface area contributed by atoms with Crippen molar-refractivity contribution in [2.75, 3.05) is 26.6 Å². The maximum atomic E-state index is 6.01. The van der Waals surface area contributed by atoms with Gasteiger partial charge < -0.3 is 19.9 Å². The normalized spacial score (nSPS) is 15.8. The van der Waals surface area contributed by atoms with Gasteiger partial charge in [-0.05, 0) is 18.2 Å². The molecule has 0 bridgehead atoms. The van der Waals surface area contributed by atoms with Crippen LogP contribution >= 0.6 is 0 Å². The average molecular weight is 353 g/mol. The van der Waals surface area contributed by atoms with Crippen molar-refractivity contribution < 1.29 is 14.2 Å². The van der Waals surface area contributed by atoms with Crippen LogP contribution in [0.25, 0.3) is 11.0 Å². The van der Waals surface area contributed by atoms with Crippen molar-refractivity contribution in [2.24, 2.45) is 10.7 Å². The van der Waals surface area contributed by atoms with Gasteiger partial charge in [0, 0.05) is 11.6 Å². The fourth-order valence-electron chi connectivity index (χ4n) is 3.18. The molecular formula is C18H19N5O3. The zero-order valence-corrected chi connectivity index (χ0v) is 14.7. The summed E-state index contributed by atoms with van der Waals surface area (Å²) in [5.41, 5.74) is 8.59. The summed E-state index contributed by atoms with van der Waals surface area (Å²) >= 11 is 0. The number of anilines is 1. The molecule has 1 atom stereocenters. The number of rotatable bonds is 4. The summed E-state index contributed by atoms with van der Waals surface area (Å²) in [6, 6.07) is 11.5. The number of ether oxygens (including phenoxy) is 3. The number of methoxy groups -OCH3 is 3. The van der Waals surface area contributed by atoms with E-state index in [0.29, 0.717) is 23.2 Å². The predicted molar refractivity (Wildman–Crippen MR) is 99.2 cm³/mol. The Morgan fingerprint density at radius 3 is 2.42 bits per heavy atom. The number of hydrogen-bond acceptors (Lipinski definition) is 7. The summed E-state index contributed by atoms with van der Waals surface area (Å²) in [4.78, 5) is 9.19. The highest BCUT2D eigenvalue weighted by Crippen LogP contribution is 2.41. The molecule has 1 aliphatic heterocycles. The van der Waals surface area contributed by atoms with Gasteiger partial charge in [-0.2, -0.15) is 0 Å². The van der Waals surface area contributed by atoms with Gasteiger partial charge in [0.1, 0.15) is 5.75 Å². The minimum Gasteiger partial charge on any atom is -0.496 e. The van der Waals surface area contributed by atoms with E-state index in [4.69, 9.17) is 19.9 Å². The number of aliphatic imine (C=N–C) groups is 1. The third-order valence-electron chi connectivity index (χ3n) is 4.36. The van der Waals surface area contributed by atoms with Gasteiger partial charge >= 0.3 is 0 Å². The lowest BCUT2D eigenvalue weighted by atomic mass is 10.1. The summed E-state index contributed by atoms with van der Waals surface area (Å²) in [5.74, 6) is 2.70. The molecule has 2 aromatic carbocycles. The number of fused-ring (bicyclic) bond motifs is 3. The first-order chi connectivity index (χ1) is 12.7. The zero-order chi connectivity index (χ0) is 18.3. The van der Waals surface area contributed by atoms with Crippen LogP contribution in [0.1, 0.15) is 11.7 Å². The molecule has 0 spiro atoms. The molecule has 0 fully saturated rings. The Morgan fingerprint density at radius 1 is 1.00 bits per heavy atom. The smallest absolute Gasteiger partial charge is 0.212 e. The first kappa shape index (κ1) is 16.1. The van der Waals surface area contributed by atoms with Crippen LogP contribution in [0.5, 0.6) is 17.2 Å². The number of nitrogens with two attached hydrogens (primary N) is 1. The highest BCUT2D eigenvalue weighted by molar-refractivity contribution is 5.94. The van der Waals surface area contributed by atoms with Gasteiger partial charge in [0.15, 0.2) is 23.6 Å². The van der Waals surface area contributed by atoms with E-state index in [2.05, 4.69) is 15.3 Å². The number of nitrogens with zero attached hydrogens (tertiary/aromatic N) is 3. The predicted octanol–water partition coefficient (Wildman–Crippen LogP) is 2.35.